The summed E-state index contributed by atoms with van der Waals surface area (Å²) >= 11 is 3.02. The summed E-state index contributed by atoms with van der Waals surface area (Å²) < 4.78 is 3.32. The van der Waals surface area contributed by atoms with Gasteiger partial charge in [-0.2, -0.15) is 0 Å². The molecule has 2 heterocycles. The first-order chi connectivity index (χ1) is 8.25. The van der Waals surface area contributed by atoms with Gasteiger partial charge in [0.15, 0.2) is 0 Å². The van der Waals surface area contributed by atoms with Gasteiger partial charge in [-0.15, -0.1) is 0 Å². The Hall–Kier alpha value is -0.508. The Morgan fingerprint density at radius 1 is 1.12 bits per heavy atom. The quantitative estimate of drug-likeness (QED) is 0.362. The zero-order valence-corrected chi connectivity index (χ0v) is 15.5. The van der Waals surface area contributed by atoms with Crippen molar-refractivity contribution in [2.45, 2.75) is 0 Å². The van der Waals surface area contributed by atoms with E-state index in [1.165, 1.54) is 14.5 Å². The predicted molar refractivity (Wildman–Crippen MR) is 76.8 cm³/mol. The molecular formula is C12H7IN3Tl. The summed E-state index contributed by atoms with van der Waals surface area (Å²) in [7, 11) is 0. The summed E-state index contributed by atoms with van der Waals surface area (Å²) in [5, 5.41) is 5.89. The van der Waals surface area contributed by atoms with Crippen LogP contribution in [-0.2, 0) is 0 Å². The number of hydrogen-bond acceptors (Lipinski definition) is 2. The Labute approximate surface area is 128 Å². The van der Waals surface area contributed by atoms with E-state index in [2.05, 4.69) is 53.4 Å². The number of hydrogen-bond donors (Lipinski definition) is 0. The number of halogens is 1. The monoisotopic (exact) mass is 525 g/mol. The average Bonchev–Trinajstić information content (AvgIpc) is 2.67. The van der Waals surface area contributed by atoms with Gasteiger partial charge in [0, 0.05) is 0 Å². The number of rotatable bonds is 1. The molecule has 0 fully saturated rings. The van der Waals surface area contributed by atoms with E-state index < -0.39 is 0 Å². The van der Waals surface area contributed by atoms with E-state index in [4.69, 9.17) is 0 Å². The molecule has 0 radical (unpaired) electrons. The van der Waals surface area contributed by atoms with Gasteiger partial charge in [0.25, 0.3) is 0 Å². The van der Waals surface area contributed by atoms with Crippen LogP contribution in [0.3, 0.4) is 0 Å². The summed E-state index contributed by atoms with van der Waals surface area (Å²) in [6.45, 7) is 0. The van der Waals surface area contributed by atoms with Crippen LogP contribution in [0.4, 0.5) is 0 Å². The summed E-state index contributed by atoms with van der Waals surface area (Å²) in [5.74, 6) is 0. The van der Waals surface area contributed by atoms with E-state index in [1.54, 1.807) is 0 Å². The van der Waals surface area contributed by atoms with Gasteiger partial charge in [-0.25, -0.2) is 0 Å². The first-order valence-corrected chi connectivity index (χ1v) is 8.18. The van der Waals surface area contributed by atoms with Crippen molar-refractivity contribution in [1.82, 2.24) is 12.6 Å². The van der Waals surface area contributed by atoms with Gasteiger partial charge in [0.05, 0.1) is 0 Å². The topological polar surface area (TPSA) is 30.7 Å². The van der Waals surface area contributed by atoms with Crippen LogP contribution in [0, 0.1) is 3.57 Å². The van der Waals surface area contributed by atoms with Gasteiger partial charge < -0.3 is 0 Å². The summed E-state index contributed by atoms with van der Waals surface area (Å²) in [4.78, 5) is 4.05. The van der Waals surface area contributed by atoms with Gasteiger partial charge in [-0.3, -0.25) is 0 Å². The molecule has 5 heteroatoms. The van der Waals surface area contributed by atoms with Gasteiger partial charge in [0.1, 0.15) is 0 Å². The van der Waals surface area contributed by atoms with E-state index in [9.17, 15) is 0 Å². The third kappa shape index (κ3) is 2.12. The van der Waals surface area contributed by atoms with Gasteiger partial charge in [-0.05, 0) is 0 Å². The fraction of sp³-hybridized carbons (Fsp3) is 0. The molecule has 2 aromatic heterocycles. The first-order valence-electron chi connectivity index (χ1n) is 5.09. The minimum atomic E-state index is 0.679. The second kappa shape index (κ2) is 4.64. The normalized spacial score (nSPS) is 10.8. The predicted octanol–water partition coefficient (Wildman–Crippen LogP) is 2.63. The van der Waals surface area contributed by atoms with E-state index in [0.717, 1.165) is 11.3 Å². The molecule has 0 saturated heterocycles. The maximum absolute atomic E-state index is 4.66. The number of benzene rings is 1. The molecule has 0 N–H and O–H groups in total. The zero-order valence-electron chi connectivity index (χ0n) is 8.84. The molecule has 0 saturated carbocycles. The molecule has 3 nitrogen and oxygen atoms in total. The third-order valence-electron chi connectivity index (χ3n) is 2.62. The van der Waals surface area contributed by atoms with Crippen molar-refractivity contribution in [1.29, 1.82) is 0 Å². The molecule has 0 aliphatic carbocycles. The zero-order chi connectivity index (χ0) is 11.8. The van der Waals surface area contributed by atoms with Crippen molar-refractivity contribution < 1.29 is 0 Å². The van der Waals surface area contributed by atoms with Crippen molar-refractivity contribution in [2.24, 2.45) is 0 Å². The Bertz CT molecular complexity index is 679. The molecule has 0 aliphatic heterocycles. The summed E-state index contributed by atoms with van der Waals surface area (Å²) in [5.41, 5.74) is 3.41. The molecule has 0 spiro atoms. The molecule has 0 aliphatic rings. The van der Waals surface area contributed by atoms with Crippen LogP contribution in [0.25, 0.3) is 22.2 Å². The fourth-order valence-electron chi connectivity index (χ4n) is 1.84. The van der Waals surface area contributed by atoms with Gasteiger partial charge in [0.2, 0.25) is 0 Å². The number of pyridine rings is 1. The molecule has 0 amide bonds. The van der Waals surface area contributed by atoms with E-state index in [1.807, 2.05) is 24.5 Å². The van der Waals surface area contributed by atoms with Crippen LogP contribution in [0.1, 0.15) is 0 Å². The Balaban J connectivity index is 2.34. The molecule has 17 heavy (non-hydrogen) atoms. The molecule has 1 aromatic carbocycles. The van der Waals surface area contributed by atoms with Crippen molar-refractivity contribution >= 4 is 59.6 Å². The summed E-state index contributed by atoms with van der Waals surface area (Å²) in [6, 6.07) is 10.5. The van der Waals surface area contributed by atoms with E-state index >= 15 is 0 Å². The molecule has 0 atom stereocenters. The van der Waals surface area contributed by atoms with Crippen molar-refractivity contribution in [2.75, 3.05) is 0 Å². The average molecular weight is 524 g/mol. The third-order valence-corrected chi connectivity index (χ3v) is 4.82. The van der Waals surface area contributed by atoms with Crippen LogP contribution in [0.2, 0.25) is 0 Å². The minimum absolute atomic E-state index is 0.679. The van der Waals surface area contributed by atoms with Crippen LogP contribution in [0.15, 0.2) is 42.7 Å². The Morgan fingerprint density at radius 3 is 2.65 bits per heavy atom. The molecule has 0 unspecified atom stereocenters. The van der Waals surface area contributed by atoms with Gasteiger partial charge >= 0.3 is 130 Å². The first kappa shape index (κ1) is 11.6. The number of aromatic nitrogens is 3. The Morgan fingerprint density at radius 2 is 1.88 bits per heavy atom. The van der Waals surface area contributed by atoms with E-state index in [0.29, 0.717) is 26.1 Å². The maximum atomic E-state index is 4.66. The molecular weight excluding hydrogens is 517 g/mol. The van der Waals surface area contributed by atoms with Crippen molar-refractivity contribution in [3.05, 3.63) is 46.3 Å². The Kier molecular flexibility index (Phi) is 3.16. The van der Waals surface area contributed by atoms with Crippen LogP contribution in [-0.4, -0.2) is 38.6 Å². The van der Waals surface area contributed by atoms with Gasteiger partial charge in [-0.1, -0.05) is 0 Å². The fourth-order valence-corrected chi connectivity index (χ4v) is 3.65. The molecule has 3 aromatic rings. The molecule has 0 bridgehead atoms. The second-order valence-electron chi connectivity index (χ2n) is 3.69. The van der Waals surface area contributed by atoms with Crippen LogP contribution < -0.4 is 0 Å². The standard InChI is InChI=1S/C12H7IN3.Tl/c13-9-1-2-11-10(7-9)12(16-15-11)8-3-5-14-6-4-8;/h1-7H;/q-1;+1. The molecule has 3 rings (SSSR count). The van der Waals surface area contributed by atoms with E-state index in [-0.39, 0.29) is 0 Å². The van der Waals surface area contributed by atoms with Crippen LogP contribution in [0.5, 0.6) is 0 Å². The van der Waals surface area contributed by atoms with Crippen molar-refractivity contribution in [3.8, 4) is 11.3 Å². The number of fused-ring (bicyclic) bond motifs is 1. The summed E-state index contributed by atoms with van der Waals surface area (Å²) in [6.07, 6.45) is 3.62. The second-order valence-corrected chi connectivity index (χ2v) is 6.84. The number of nitrogens with zero attached hydrogens (tertiary/aromatic N) is 3. The van der Waals surface area contributed by atoms with Crippen LogP contribution >= 0.6 is 22.6 Å². The SMILES string of the molecule is Ic1ccc2c(c1)c(-c1ccncc1)n[n]2[Tl]. The van der Waals surface area contributed by atoms with Crippen molar-refractivity contribution in [3.63, 3.8) is 0 Å². The molecule has 80 valence electrons.